The van der Waals surface area contributed by atoms with Gasteiger partial charge in [-0.15, -0.1) is 11.3 Å². The van der Waals surface area contributed by atoms with Gasteiger partial charge in [-0.05, 0) is 17.7 Å². The van der Waals surface area contributed by atoms with Crippen LogP contribution in [0.1, 0.15) is 5.89 Å². The monoisotopic (exact) mass is 464 g/mol. The van der Waals surface area contributed by atoms with Gasteiger partial charge in [0, 0.05) is 21.0 Å². The van der Waals surface area contributed by atoms with E-state index in [1.54, 1.807) is 0 Å². The maximum Gasteiger partial charge on any atom is 0.263 e. The second-order valence-corrected chi connectivity index (χ2v) is 8.17. The van der Waals surface area contributed by atoms with Gasteiger partial charge in [-0.2, -0.15) is 4.98 Å². The average Bonchev–Trinajstić information content (AvgIpc) is 3.38. The van der Waals surface area contributed by atoms with Gasteiger partial charge < -0.3 is 4.52 Å². The maximum atomic E-state index is 13.1. The summed E-state index contributed by atoms with van der Waals surface area (Å²) in [7, 11) is 0. The molecule has 0 aliphatic heterocycles. The highest BCUT2D eigenvalue weighted by molar-refractivity contribution is 9.10. The number of thiophene rings is 1. The third-order valence-electron chi connectivity index (χ3n) is 4.50. The zero-order valence-electron chi connectivity index (χ0n) is 14.9. The van der Waals surface area contributed by atoms with Crippen molar-refractivity contribution in [1.82, 2.24) is 19.7 Å². The van der Waals surface area contributed by atoms with Crippen LogP contribution in [0.3, 0.4) is 0 Å². The summed E-state index contributed by atoms with van der Waals surface area (Å²) in [5.74, 6) is 0.823. The summed E-state index contributed by atoms with van der Waals surface area (Å²) < 4.78 is 7.79. The predicted octanol–water partition coefficient (Wildman–Crippen LogP) is 4.99. The van der Waals surface area contributed by atoms with E-state index in [9.17, 15) is 4.79 Å². The fourth-order valence-corrected chi connectivity index (χ4v) is 4.43. The van der Waals surface area contributed by atoms with Crippen LogP contribution in [0.15, 0.2) is 80.1 Å². The molecule has 0 atom stereocenters. The molecule has 0 aliphatic carbocycles. The Kier molecular flexibility index (Phi) is 4.57. The second kappa shape index (κ2) is 7.38. The molecule has 0 bridgehead atoms. The van der Waals surface area contributed by atoms with Crippen LogP contribution >= 0.6 is 27.3 Å². The van der Waals surface area contributed by atoms with Crippen LogP contribution < -0.4 is 5.56 Å². The van der Waals surface area contributed by atoms with Crippen molar-refractivity contribution >= 4 is 37.5 Å². The van der Waals surface area contributed by atoms with Crippen molar-refractivity contribution in [3.63, 3.8) is 0 Å². The minimum absolute atomic E-state index is 0.127. The minimum Gasteiger partial charge on any atom is -0.337 e. The highest BCUT2D eigenvalue weighted by atomic mass is 79.9. The number of hydrogen-bond donors (Lipinski definition) is 0. The van der Waals surface area contributed by atoms with Gasteiger partial charge in [0.05, 0.1) is 11.7 Å². The van der Waals surface area contributed by atoms with E-state index in [1.807, 2.05) is 60.0 Å². The molecule has 29 heavy (non-hydrogen) atoms. The summed E-state index contributed by atoms with van der Waals surface area (Å²) in [4.78, 5) is 22.7. The van der Waals surface area contributed by atoms with Crippen LogP contribution in [-0.4, -0.2) is 19.7 Å². The highest BCUT2D eigenvalue weighted by Gasteiger charge is 2.15. The Labute approximate surface area is 177 Å². The van der Waals surface area contributed by atoms with Crippen molar-refractivity contribution < 1.29 is 4.52 Å². The van der Waals surface area contributed by atoms with Crippen LogP contribution in [0.2, 0.25) is 0 Å². The Morgan fingerprint density at radius 3 is 2.72 bits per heavy atom. The van der Waals surface area contributed by atoms with Crippen molar-refractivity contribution in [2.24, 2.45) is 0 Å². The molecule has 0 fully saturated rings. The van der Waals surface area contributed by atoms with Crippen LogP contribution in [0, 0.1) is 0 Å². The summed E-state index contributed by atoms with van der Waals surface area (Å²) >= 11 is 4.90. The molecule has 0 amide bonds. The molecule has 0 spiro atoms. The SMILES string of the molecule is O=c1c2c(-c3ccccc3)csc2ncn1Cc1nc(-c2cccc(Br)c2)no1. The molecule has 2 aromatic carbocycles. The van der Waals surface area contributed by atoms with Crippen molar-refractivity contribution in [3.8, 4) is 22.5 Å². The third kappa shape index (κ3) is 3.41. The van der Waals surface area contributed by atoms with E-state index in [1.165, 1.54) is 22.2 Å². The number of benzene rings is 2. The van der Waals surface area contributed by atoms with Gasteiger partial charge in [-0.3, -0.25) is 9.36 Å². The maximum absolute atomic E-state index is 13.1. The van der Waals surface area contributed by atoms with Crippen LogP contribution in [0.4, 0.5) is 0 Å². The summed E-state index contributed by atoms with van der Waals surface area (Å²) in [5.41, 5.74) is 2.58. The second-order valence-electron chi connectivity index (χ2n) is 6.40. The quantitative estimate of drug-likeness (QED) is 0.374. The van der Waals surface area contributed by atoms with E-state index in [0.29, 0.717) is 21.9 Å². The van der Waals surface area contributed by atoms with Crippen molar-refractivity contribution in [3.05, 3.63) is 87.0 Å². The Morgan fingerprint density at radius 2 is 1.90 bits per heavy atom. The van der Waals surface area contributed by atoms with Gasteiger partial charge in [0.25, 0.3) is 5.56 Å². The first-order valence-electron chi connectivity index (χ1n) is 8.79. The molecule has 8 heteroatoms. The van der Waals surface area contributed by atoms with Crippen molar-refractivity contribution in [2.45, 2.75) is 6.54 Å². The largest absolute Gasteiger partial charge is 0.337 e. The lowest BCUT2D eigenvalue weighted by molar-refractivity contribution is 0.369. The molecule has 142 valence electrons. The standard InChI is InChI=1S/C21H13BrN4O2S/c22-15-8-4-7-14(9-15)19-24-17(28-25-19)10-26-12-23-20-18(21(26)27)16(11-29-20)13-5-2-1-3-6-13/h1-9,11-12H,10H2. The van der Waals surface area contributed by atoms with E-state index >= 15 is 0 Å². The lowest BCUT2D eigenvalue weighted by atomic mass is 10.1. The number of rotatable bonds is 4. The van der Waals surface area contributed by atoms with E-state index < -0.39 is 0 Å². The van der Waals surface area contributed by atoms with Gasteiger partial charge in [0.1, 0.15) is 11.4 Å². The first-order chi connectivity index (χ1) is 14.2. The number of fused-ring (bicyclic) bond motifs is 1. The Morgan fingerprint density at radius 1 is 1.07 bits per heavy atom. The Bertz CT molecular complexity index is 1370. The lowest BCUT2D eigenvalue weighted by Crippen LogP contribution is -2.21. The molecule has 0 radical (unpaired) electrons. The van der Waals surface area contributed by atoms with E-state index in [2.05, 4.69) is 31.1 Å². The predicted molar refractivity (Wildman–Crippen MR) is 116 cm³/mol. The highest BCUT2D eigenvalue weighted by Crippen LogP contribution is 2.30. The molecule has 0 N–H and O–H groups in total. The lowest BCUT2D eigenvalue weighted by Gasteiger charge is -2.03. The fraction of sp³-hybridized carbons (Fsp3) is 0.0476. The number of hydrogen-bond acceptors (Lipinski definition) is 6. The molecule has 3 heterocycles. The zero-order chi connectivity index (χ0) is 19.8. The number of halogens is 1. The summed E-state index contributed by atoms with van der Waals surface area (Å²) in [5, 5.41) is 6.61. The molecule has 0 saturated carbocycles. The van der Waals surface area contributed by atoms with Crippen LogP contribution in [-0.2, 0) is 6.54 Å². The van der Waals surface area contributed by atoms with Crippen molar-refractivity contribution in [1.29, 1.82) is 0 Å². The normalized spacial score (nSPS) is 11.2. The molecule has 5 rings (SSSR count). The molecule has 0 aliphatic rings. The molecular weight excluding hydrogens is 452 g/mol. The van der Waals surface area contributed by atoms with Crippen LogP contribution in [0.5, 0.6) is 0 Å². The summed E-state index contributed by atoms with van der Waals surface area (Å²) in [6, 6.07) is 17.5. The molecule has 5 aromatic rings. The van der Waals surface area contributed by atoms with E-state index in [0.717, 1.165) is 21.2 Å². The summed E-state index contributed by atoms with van der Waals surface area (Å²) in [6.45, 7) is 0.160. The smallest absolute Gasteiger partial charge is 0.263 e. The molecule has 3 aromatic heterocycles. The summed E-state index contributed by atoms with van der Waals surface area (Å²) in [6.07, 6.45) is 1.53. The fourth-order valence-electron chi connectivity index (χ4n) is 3.12. The van der Waals surface area contributed by atoms with E-state index in [4.69, 9.17) is 4.52 Å². The molecular formula is C21H13BrN4O2S. The molecule has 0 saturated heterocycles. The molecule has 6 nitrogen and oxygen atoms in total. The van der Waals surface area contributed by atoms with E-state index in [-0.39, 0.29) is 12.1 Å². The minimum atomic E-state index is -0.127. The number of aromatic nitrogens is 4. The van der Waals surface area contributed by atoms with Crippen LogP contribution in [0.25, 0.3) is 32.7 Å². The first-order valence-corrected chi connectivity index (χ1v) is 10.5. The van der Waals surface area contributed by atoms with Gasteiger partial charge in [0.2, 0.25) is 11.7 Å². The molecule has 0 unspecified atom stereocenters. The van der Waals surface area contributed by atoms with Gasteiger partial charge in [-0.25, -0.2) is 4.98 Å². The van der Waals surface area contributed by atoms with Gasteiger partial charge >= 0.3 is 0 Å². The average molecular weight is 465 g/mol. The zero-order valence-corrected chi connectivity index (χ0v) is 17.4. The Hall–Kier alpha value is -3.10. The first kappa shape index (κ1) is 18.0. The topological polar surface area (TPSA) is 73.8 Å². The Balaban J connectivity index is 1.52. The van der Waals surface area contributed by atoms with Gasteiger partial charge in [0.15, 0.2) is 0 Å². The van der Waals surface area contributed by atoms with Crippen molar-refractivity contribution in [2.75, 3.05) is 0 Å². The van der Waals surface area contributed by atoms with Gasteiger partial charge in [-0.1, -0.05) is 63.6 Å². The number of nitrogens with zero attached hydrogens (tertiary/aromatic N) is 4. The third-order valence-corrected chi connectivity index (χ3v) is 5.88.